The smallest absolute Gasteiger partial charge is 0.243 e. The van der Waals surface area contributed by atoms with Crippen molar-refractivity contribution < 1.29 is 19.2 Å². The van der Waals surface area contributed by atoms with Gasteiger partial charge in [0.2, 0.25) is 23.6 Å². The number of hydrogen-bond acceptors (Lipinski definition) is 7. The molecule has 4 atom stereocenters. The number of H-pyrrole nitrogens is 1. The first kappa shape index (κ1) is 34.7. The molecule has 0 saturated heterocycles. The average Bonchev–Trinajstić information content (AvgIpc) is 3.46. The second kappa shape index (κ2) is 18.2. The number of rotatable bonds is 19. The van der Waals surface area contributed by atoms with Gasteiger partial charge in [0.1, 0.15) is 18.1 Å². The first-order valence-electron chi connectivity index (χ1n) is 14.5. The number of aromatic amines is 1. The van der Waals surface area contributed by atoms with Crippen LogP contribution in [0.15, 0.2) is 47.8 Å². The van der Waals surface area contributed by atoms with Crippen molar-refractivity contribution in [3.8, 4) is 0 Å². The Bertz CT molecular complexity index is 1180. The van der Waals surface area contributed by atoms with Gasteiger partial charge in [-0.3, -0.25) is 24.2 Å². The zero-order valence-electron chi connectivity index (χ0n) is 24.9. The summed E-state index contributed by atoms with van der Waals surface area (Å²) in [6.07, 6.45) is 5.71. The van der Waals surface area contributed by atoms with E-state index in [2.05, 4.69) is 44.8 Å². The zero-order chi connectivity index (χ0) is 31.8. The number of aromatic nitrogens is 2. The van der Waals surface area contributed by atoms with Gasteiger partial charge in [0.05, 0.1) is 12.4 Å². The molecular formula is C29H46N10O4. The summed E-state index contributed by atoms with van der Waals surface area (Å²) < 4.78 is 0. The molecular weight excluding hydrogens is 552 g/mol. The molecule has 1 heterocycles. The lowest BCUT2D eigenvalue weighted by atomic mass is 10.0. The van der Waals surface area contributed by atoms with Crippen LogP contribution in [0, 0.1) is 5.92 Å². The Balaban J connectivity index is 2.17. The Morgan fingerprint density at radius 2 is 1.44 bits per heavy atom. The molecule has 0 fully saturated rings. The van der Waals surface area contributed by atoms with Gasteiger partial charge < -0.3 is 43.9 Å². The number of nitrogens with one attached hydrogen (secondary N) is 4. The summed E-state index contributed by atoms with van der Waals surface area (Å²) in [4.78, 5) is 62.8. The normalized spacial score (nSPS) is 13.8. The van der Waals surface area contributed by atoms with Gasteiger partial charge in [0.15, 0.2) is 5.96 Å². The molecule has 0 aliphatic carbocycles. The van der Waals surface area contributed by atoms with E-state index in [0.717, 1.165) is 12.0 Å². The molecule has 2 rings (SSSR count). The van der Waals surface area contributed by atoms with Crippen LogP contribution in [0.2, 0.25) is 0 Å². The molecule has 43 heavy (non-hydrogen) atoms. The van der Waals surface area contributed by atoms with Crippen LogP contribution in [0.5, 0.6) is 0 Å². The Kier molecular flexibility index (Phi) is 14.7. The van der Waals surface area contributed by atoms with E-state index in [0.29, 0.717) is 30.9 Å². The van der Waals surface area contributed by atoms with E-state index < -0.39 is 47.8 Å². The van der Waals surface area contributed by atoms with Crippen LogP contribution in [0.4, 0.5) is 0 Å². The van der Waals surface area contributed by atoms with Crippen molar-refractivity contribution in [1.82, 2.24) is 25.9 Å². The summed E-state index contributed by atoms with van der Waals surface area (Å²) >= 11 is 0. The van der Waals surface area contributed by atoms with Crippen molar-refractivity contribution in [2.45, 2.75) is 83.0 Å². The molecule has 2 aromatic rings. The van der Waals surface area contributed by atoms with Crippen molar-refractivity contribution >= 4 is 29.6 Å². The van der Waals surface area contributed by atoms with E-state index in [9.17, 15) is 19.2 Å². The van der Waals surface area contributed by atoms with Gasteiger partial charge in [0.25, 0.3) is 0 Å². The number of primary amides is 1. The number of carbonyl (C=O) groups is 4. The molecule has 0 bridgehead atoms. The third kappa shape index (κ3) is 13.4. The predicted octanol–water partition coefficient (Wildman–Crippen LogP) is -0.658. The number of aliphatic imine (C=N–C) groups is 1. The number of amides is 4. The van der Waals surface area contributed by atoms with Crippen molar-refractivity contribution in [1.29, 1.82) is 0 Å². The van der Waals surface area contributed by atoms with Crippen molar-refractivity contribution in [3.05, 3.63) is 54.1 Å². The molecule has 0 aliphatic heterocycles. The van der Waals surface area contributed by atoms with Crippen molar-refractivity contribution in [3.63, 3.8) is 0 Å². The van der Waals surface area contributed by atoms with Crippen LogP contribution in [-0.4, -0.2) is 70.3 Å². The molecule has 236 valence electrons. The quantitative estimate of drug-likeness (QED) is 0.0584. The minimum Gasteiger partial charge on any atom is -0.370 e. The molecule has 1 aromatic carbocycles. The number of imidazole rings is 1. The predicted molar refractivity (Wildman–Crippen MR) is 164 cm³/mol. The molecule has 14 nitrogen and oxygen atoms in total. The lowest BCUT2D eigenvalue weighted by Gasteiger charge is -2.25. The summed E-state index contributed by atoms with van der Waals surface area (Å²) in [6, 6.07) is 5.36. The van der Waals surface area contributed by atoms with E-state index >= 15 is 0 Å². The van der Waals surface area contributed by atoms with Gasteiger partial charge in [-0.2, -0.15) is 0 Å². The van der Waals surface area contributed by atoms with Crippen LogP contribution in [0.25, 0.3) is 0 Å². The molecule has 0 aliphatic rings. The second-order valence-electron chi connectivity index (χ2n) is 10.9. The van der Waals surface area contributed by atoms with Gasteiger partial charge in [-0.15, -0.1) is 0 Å². The molecule has 4 amide bonds. The van der Waals surface area contributed by atoms with E-state index in [1.807, 2.05) is 30.3 Å². The summed E-state index contributed by atoms with van der Waals surface area (Å²) in [5, 5.41) is 8.16. The second-order valence-corrected chi connectivity index (χ2v) is 10.9. The molecule has 0 spiro atoms. The molecule has 0 unspecified atom stereocenters. The van der Waals surface area contributed by atoms with Crippen LogP contribution < -0.4 is 38.9 Å². The number of nitrogens with zero attached hydrogens (tertiary/aromatic N) is 2. The molecule has 0 saturated carbocycles. The number of benzene rings is 1. The maximum absolute atomic E-state index is 13.5. The largest absolute Gasteiger partial charge is 0.370 e. The summed E-state index contributed by atoms with van der Waals surface area (Å²) in [5.74, 6) is -2.08. The maximum Gasteiger partial charge on any atom is 0.243 e. The van der Waals surface area contributed by atoms with Gasteiger partial charge in [-0.25, -0.2) is 4.98 Å². The van der Waals surface area contributed by atoms with Crippen LogP contribution >= 0.6 is 0 Å². The molecule has 14 heteroatoms. The number of nitrogens with two attached hydrogens (primary N) is 4. The van der Waals surface area contributed by atoms with E-state index in [4.69, 9.17) is 22.9 Å². The van der Waals surface area contributed by atoms with Crippen molar-refractivity contribution in [2.75, 3.05) is 6.54 Å². The summed E-state index contributed by atoms with van der Waals surface area (Å²) in [5.41, 5.74) is 24.0. The van der Waals surface area contributed by atoms with Crippen LogP contribution in [0.3, 0.4) is 0 Å². The fourth-order valence-corrected chi connectivity index (χ4v) is 4.39. The first-order chi connectivity index (χ1) is 20.5. The maximum atomic E-state index is 13.5. The third-order valence-electron chi connectivity index (χ3n) is 6.76. The van der Waals surface area contributed by atoms with E-state index in [1.54, 1.807) is 0 Å². The third-order valence-corrected chi connectivity index (χ3v) is 6.76. The minimum absolute atomic E-state index is 0.0871. The Hall–Kier alpha value is -4.46. The number of carbonyl (C=O) groups excluding carboxylic acids is 4. The van der Waals surface area contributed by atoms with Gasteiger partial charge in [-0.05, 0) is 37.2 Å². The highest BCUT2D eigenvalue weighted by atomic mass is 16.2. The first-order valence-corrected chi connectivity index (χ1v) is 14.5. The van der Waals surface area contributed by atoms with Crippen molar-refractivity contribution in [2.24, 2.45) is 33.8 Å². The summed E-state index contributed by atoms with van der Waals surface area (Å²) in [7, 11) is 0. The SMILES string of the molecule is CC(C)CCC[C@H](NC(=O)[C@@H](CCCN=C(N)N)NC(=O)[C@@H](N)Cc1ccccc1)C(=O)N[C@@H](Cc1cnc[nH]1)C(N)=O. The monoisotopic (exact) mass is 598 g/mol. The lowest BCUT2D eigenvalue weighted by Crippen LogP contribution is -2.58. The minimum atomic E-state index is -1.02. The highest BCUT2D eigenvalue weighted by Crippen LogP contribution is 2.11. The topological polar surface area (TPSA) is 249 Å². The lowest BCUT2D eigenvalue weighted by molar-refractivity contribution is -0.133. The molecule has 12 N–H and O–H groups in total. The van der Waals surface area contributed by atoms with E-state index in [1.165, 1.54) is 12.5 Å². The van der Waals surface area contributed by atoms with Gasteiger partial charge >= 0.3 is 0 Å². The van der Waals surface area contributed by atoms with Gasteiger partial charge in [0, 0.05) is 24.9 Å². The Morgan fingerprint density at radius 3 is 2.00 bits per heavy atom. The average molecular weight is 599 g/mol. The fourth-order valence-electron chi connectivity index (χ4n) is 4.39. The highest BCUT2D eigenvalue weighted by molar-refractivity contribution is 5.94. The van der Waals surface area contributed by atoms with Crippen LogP contribution in [-0.2, 0) is 32.0 Å². The van der Waals surface area contributed by atoms with Crippen LogP contribution in [0.1, 0.15) is 57.2 Å². The Morgan fingerprint density at radius 1 is 0.837 bits per heavy atom. The van der Waals surface area contributed by atoms with Gasteiger partial charge in [-0.1, -0.05) is 57.0 Å². The zero-order valence-corrected chi connectivity index (χ0v) is 24.9. The standard InChI is InChI=1S/C29H46N10O4/c1-18(2)8-6-11-22(28(43)39-24(25(31)40)15-20-16-34-17-36-20)38-27(42)23(12-7-13-35-29(32)33)37-26(41)21(30)14-19-9-4-3-5-10-19/h3-5,9-10,16-18,21-24H,6-8,11-15,30H2,1-2H3,(H2,31,40)(H,34,36)(H,37,41)(H,38,42)(H,39,43)(H4,32,33,35)/t21-,22-,23+,24-/m0/s1. The summed E-state index contributed by atoms with van der Waals surface area (Å²) in [6.45, 7) is 4.36. The number of hydrogen-bond donors (Lipinski definition) is 8. The number of guanidine groups is 1. The Labute approximate surface area is 252 Å². The fraction of sp³-hybridized carbons (Fsp3) is 0.517. The molecule has 0 radical (unpaired) electrons. The highest BCUT2D eigenvalue weighted by Gasteiger charge is 2.30. The van der Waals surface area contributed by atoms with E-state index in [-0.39, 0.29) is 31.8 Å². The molecule has 1 aromatic heterocycles.